The van der Waals surface area contributed by atoms with E-state index in [0.717, 1.165) is 17.6 Å². The smallest absolute Gasteiger partial charge is 0.0722 e. The third-order valence-electron chi connectivity index (χ3n) is 3.42. The molecular weight excluding hydrogens is 383 g/mol. The number of fused-ring (bicyclic) bond motifs is 1. The Labute approximate surface area is 135 Å². The number of thiophene rings is 1. The average molecular weight is 398 g/mol. The van der Waals surface area contributed by atoms with Gasteiger partial charge in [0.05, 0.1) is 20.1 Å². The van der Waals surface area contributed by atoms with Crippen LogP contribution < -0.4 is 11.3 Å². The minimum absolute atomic E-state index is 0.0908. The predicted octanol–water partition coefficient (Wildman–Crippen LogP) is 2.99. The highest BCUT2D eigenvalue weighted by Crippen LogP contribution is 2.27. The van der Waals surface area contributed by atoms with Gasteiger partial charge < -0.3 is 0 Å². The number of aromatic nitrogens is 2. The summed E-state index contributed by atoms with van der Waals surface area (Å²) in [4.78, 5) is 0. The van der Waals surface area contributed by atoms with Gasteiger partial charge in [-0.2, -0.15) is 5.10 Å². The van der Waals surface area contributed by atoms with Gasteiger partial charge in [-0.25, -0.2) is 0 Å². The summed E-state index contributed by atoms with van der Waals surface area (Å²) in [5, 5.41) is 7.98. The molecule has 0 aliphatic carbocycles. The summed E-state index contributed by atoms with van der Waals surface area (Å²) in [6.07, 6.45) is 0.782. The summed E-state index contributed by atoms with van der Waals surface area (Å²) in [5.41, 5.74) is 6.35. The molecule has 0 radical (unpaired) electrons. The molecule has 0 aliphatic heterocycles. The Kier molecular flexibility index (Phi) is 4.06. The van der Waals surface area contributed by atoms with Crippen molar-refractivity contribution in [3.05, 3.63) is 49.9 Å². The van der Waals surface area contributed by atoms with Gasteiger partial charge in [0.1, 0.15) is 0 Å². The zero-order valence-corrected chi connectivity index (χ0v) is 14.0. The summed E-state index contributed by atoms with van der Waals surface area (Å²) in [7, 11) is 1.98. The van der Waals surface area contributed by atoms with Crippen LogP contribution in [0.25, 0.3) is 10.9 Å². The van der Waals surface area contributed by atoms with Gasteiger partial charge in [-0.3, -0.25) is 16.0 Å². The van der Waals surface area contributed by atoms with Crippen molar-refractivity contribution in [2.45, 2.75) is 12.5 Å². The number of nitrogens with one attached hydrogen (secondary N) is 1. The molecule has 2 heterocycles. The molecule has 3 rings (SSSR count). The first-order chi connectivity index (χ1) is 9.69. The second-order valence-corrected chi connectivity index (χ2v) is 7.50. The highest BCUT2D eigenvalue weighted by molar-refractivity contribution is 14.1. The Morgan fingerprint density at radius 1 is 1.45 bits per heavy atom. The van der Waals surface area contributed by atoms with Crippen molar-refractivity contribution in [1.29, 1.82) is 0 Å². The summed E-state index contributed by atoms with van der Waals surface area (Å²) < 4.78 is 3.19. The minimum atomic E-state index is 0.0908. The third-order valence-corrected chi connectivity index (χ3v) is 5.23. The van der Waals surface area contributed by atoms with Crippen LogP contribution in [-0.2, 0) is 13.5 Å². The van der Waals surface area contributed by atoms with Gasteiger partial charge >= 0.3 is 0 Å². The summed E-state index contributed by atoms with van der Waals surface area (Å²) >= 11 is 4.06. The third kappa shape index (κ3) is 2.60. The Balaban J connectivity index is 1.95. The van der Waals surface area contributed by atoms with Crippen molar-refractivity contribution in [3.63, 3.8) is 0 Å². The van der Waals surface area contributed by atoms with Crippen LogP contribution in [0.2, 0.25) is 0 Å². The van der Waals surface area contributed by atoms with Crippen LogP contribution in [0.1, 0.15) is 17.3 Å². The lowest BCUT2D eigenvalue weighted by molar-refractivity contribution is 0.544. The molecule has 0 saturated carbocycles. The van der Waals surface area contributed by atoms with Crippen LogP contribution >= 0.6 is 33.9 Å². The van der Waals surface area contributed by atoms with Gasteiger partial charge in [0.25, 0.3) is 0 Å². The maximum Gasteiger partial charge on any atom is 0.0722 e. The maximum atomic E-state index is 5.73. The zero-order valence-electron chi connectivity index (χ0n) is 11.0. The van der Waals surface area contributed by atoms with Gasteiger partial charge in [0, 0.05) is 18.9 Å². The van der Waals surface area contributed by atoms with Crippen LogP contribution in [-0.4, -0.2) is 9.78 Å². The van der Waals surface area contributed by atoms with Crippen molar-refractivity contribution in [2.75, 3.05) is 0 Å². The Hall–Kier alpha value is -0.960. The number of para-hydroxylation sites is 1. The monoisotopic (exact) mass is 398 g/mol. The Bertz CT molecular complexity index is 734. The van der Waals surface area contributed by atoms with Crippen molar-refractivity contribution >= 4 is 44.8 Å². The molecule has 0 aliphatic rings. The molecule has 0 saturated heterocycles. The lowest BCUT2D eigenvalue weighted by atomic mass is 10.0. The number of aryl methyl sites for hydroxylation is 1. The molecule has 0 bridgehead atoms. The highest BCUT2D eigenvalue weighted by Gasteiger charge is 2.16. The van der Waals surface area contributed by atoms with E-state index in [4.69, 9.17) is 5.84 Å². The van der Waals surface area contributed by atoms with E-state index >= 15 is 0 Å². The number of rotatable bonds is 4. The first kappa shape index (κ1) is 14.0. The molecule has 4 nitrogen and oxygen atoms in total. The zero-order chi connectivity index (χ0) is 14.1. The lowest BCUT2D eigenvalue weighted by Gasteiger charge is -2.13. The number of hydrogen-bond acceptors (Lipinski definition) is 4. The number of benzene rings is 1. The largest absolute Gasteiger partial charge is 0.271 e. The number of hydrazine groups is 1. The molecule has 3 aromatic rings. The molecule has 0 spiro atoms. The SMILES string of the molecule is Cn1nc(CC(NN)c2csc(I)c2)c2ccccc21. The molecule has 6 heteroatoms. The molecule has 1 unspecified atom stereocenters. The highest BCUT2D eigenvalue weighted by atomic mass is 127. The van der Waals surface area contributed by atoms with E-state index in [1.807, 2.05) is 23.9 Å². The number of hydrogen-bond donors (Lipinski definition) is 2. The van der Waals surface area contributed by atoms with Crippen LogP contribution in [0, 0.1) is 2.88 Å². The molecule has 0 fully saturated rings. The van der Waals surface area contributed by atoms with Crippen molar-refractivity contribution in [3.8, 4) is 0 Å². The standard InChI is InChI=1S/C14H15IN4S/c1-19-13-5-3-2-4-10(13)12(18-19)7-11(17-16)9-6-14(15)20-8-9/h2-6,8,11,17H,7,16H2,1H3. The second-order valence-electron chi connectivity index (χ2n) is 4.69. The summed E-state index contributed by atoms with van der Waals surface area (Å²) in [6.45, 7) is 0. The van der Waals surface area contributed by atoms with E-state index < -0.39 is 0 Å². The fourth-order valence-electron chi connectivity index (χ4n) is 2.41. The maximum absolute atomic E-state index is 5.73. The molecule has 3 N–H and O–H groups in total. The topological polar surface area (TPSA) is 55.9 Å². The van der Waals surface area contributed by atoms with Crippen molar-refractivity contribution < 1.29 is 0 Å². The molecule has 1 aromatic carbocycles. The predicted molar refractivity (Wildman–Crippen MR) is 91.5 cm³/mol. The fraction of sp³-hybridized carbons (Fsp3) is 0.214. The van der Waals surface area contributed by atoms with Crippen LogP contribution in [0.5, 0.6) is 0 Å². The van der Waals surface area contributed by atoms with E-state index in [1.165, 1.54) is 13.8 Å². The lowest BCUT2D eigenvalue weighted by Crippen LogP contribution is -2.29. The van der Waals surface area contributed by atoms with Crippen LogP contribution in [0.3, 0.4) is 0 Å². The molecular formula is C14H15IN4S. The Morgan fingerprint density at radius 3 is 2.95 bits per heavy atom. The molecule has 0 amide bonds. The summed E-state index contributed by atoms with van der Waals surface area (Å²) in [6, 6.07) is 10.5. The average Bonchev–Trinajstić information content (AvgIpc) is 3.01. The van der Waals surface area contributed by atoms with E-state index in [1.54, 1.807) is 11.3 Å². The minimum Gasteiger partial charge on any atom is -0.271 e. The first-order valence-electron chi connectivity index (χ1n) is 6.29. The van der Waals surface area contributed by atoms with Crippen molar-refractivity contribution in [1.82, 2.24) is 15.2 Å². The van der Waals surface area contributed by atoms with Gasteiger partial charge in [-0.1, -0.05) is 18.2 Å². The quantitative estimate of drug-likeness (QED) is 0.404. The van der Waals surface area contributed by atoms with E-state index in [2.05, 4.69) is 56.7 Å². The van der Waals surface area contributed by atoms with E-state index in [9.17, 15) is 0 Å². The molecule has 20 heavy (non-hydrogen) atoms. The van der Waals surface area contributed by atoms with E-state index in [-0.39, 0.29) is 6.04 Å². The van der Waals surface area contributed by atoms with Crippen molar-refractivity contribution in [2.24, 2.45) is 12.9 Å². The molecule has 1 atom stereocenters. The fourth-order valence-corrected chi connectivity index (χ4v) is 3.84. The first-order valence-corrected chi connectivity index (χ1v) is 8.25. The normalized spacial score (nSPS) is 12.9. The number of halogens is 1. The van der Waals surface area contributed by atoms with Gasteiger partial charge in [0.2, 0.25) is 0 Å². The van der Waals surface area contributed by atoms with Gasteiger partial charge in [-0.05, 0) is 45.7 Å². The van der Waals surface area contributed by atoms with Gasteiger partial charge in [-0.15, -0.1) is 11.3 Å². The number of nitrogens with zero attached hydrogens (tertiary/aromatic N) is 2. The van der Waals surface area contributed by atoms with Crippen LogP contribution in [0.15, 0.2) is 35.7 Å². The second kappa shape index (κ2) is 5.80. The Morgan fingerprint density at radius 2 is 2.25 bits per heavy atom. The molecule has 2 aromatic heterocycles. The number of nitrogens with two attached hydrogens (primary N) is 1. The summed E-state index contributed by atoms with van der Waals surface area (Å²) in [5.74, 6) is 5.73. The van der Waals surface area contributed by atoms with E-state index in [0.29, 0.717) is 0 Å². The van der Waals surface area contributed by atoms with Crippen LogP contribution in [0.4, 0.5) is 0 Å². The van der Waals surface area contributed by atoms with Gasteiger partial charge in [0.15, 0.2) is 0 Å². The molecule has 104 valence electrons.